The zero-order chi connectivity index (χ0) is 13.2. The minimum Gasteiger partial charge on any atom is -0.384 e. The Morgan fingerprint density at radius 3 is 2.42 bits per heavy atom. The summed E-state index contributed by atoms with van der Waals surface area (Å²) in [6.45, 7) is 0. The van der Waals surface area contributed by atoms with Crippen LogP contribution in [-0.4, -0.2) is 5.11 Å². The van der Waals surface area contributed by atoms with E-state index in [1.165, 1.54) is 30.4 Å². The number of aliphatic hydroxyl groups is 1. The van der Waals surface area contributed by atoms with Crippen LogP contribution in [0.5, 0.6) is 0 Å². The van der Waals surface area contributed by atoms with Crippen LogP contribution in [0.4, 0.5) is 0 Å². The highest BCUT2D eigenvalue weighted by atomic mass is 79.9. The largest absolute Gasteiger partial charge is 0.384 e. The number of benzene rings is 2. The van der Waals surface area contributed by atoms with E-state index in [0.717, 1.165) is 22.0 Å². The Balaban J connectivity index is 1.93. The fourth-order valence-corrected chi connectivity index (χ4v) is 3.21. The number of halogens is 1. The summed E-state index contributed by atoms with van der Waals surface area (Å²) >= 11 is 3.45. The Morgan fingerprint density at radius 2 is 1.63 bits per heavy atom. The third-order valence-electron chi connectivity index (χ3n) is 3.85. The average molecular weight is 317 g/mol. The first-order valence-corrected chi connectivity index (χ1v) is 7.58. The molecule has 0 radical (unpaired) electrons. The van der Waals surface area contributed by atoms with Gasteiger partial charge in [0.15, 0.2) is 0 Å². The van der Waals surface area contributed by atoms with E-state index in [4.69, 9.17) is 0 Å². The van der Waals surface area contributed by atoms with Crippen LogP contribution in [0, 0.1) is 0 Å². The van der Waals surface area contributed by atoms with Crippen molar-refractivity contribution in [2.45, 2.75) is 31.8 Å². The molecule has 1 N–H and O–H groups in total. The fraction of sp³-hybridized carbons (Fsp3) is 0.294. The molecule has 0 heterocycles. The van der Waals surface area contributed by atoms with Gasteiger partial charge in [0.05, 0.1) is 0 Å². The maximum absolute atomic E-state index is 10.5. The van der Waals surface area contributed by atoms with Gasteiger partial charge in [-0.25, -0.2) is 0 Å². The number of aliphatic hydroxyl groups excluding tert-OH is 1. The van der Waals surface area contributed by atoms with Gasteiger partial charge in [-0.2, -0.15) is 0 Å². The second kappa shape index (κ2) is 5.48. The van der Waals surface area contributed by atoms with Gasteiger partial charge in [-0.05, 0) is 60.1 Å². The smallest absolute Gasteiger partial charge is 0.104 e. The molecule has 2 aromatic rings. The quantitative estimate of drug-likeness (QED) is 0.870. The molecule has 1 unspecified atom stereocenters. The Labute approximate surface area is 122 Å². The molecule has 98 valence electrons. The van der Waals surface area contributed by atoms with Crippen molar-refractivity contribution in [1.82, 2.24) is 0 Å². The number of aryl methyl sites for hydroxylation is 2. The normalized spacial score (nSPS) is 15.9. The van der Waals surface area contributed by atoms with Gasteiger partial charge in [0.2, 0.25) is 0 Å². The molecule has 2 aromatic carbocycles. The zero-order valence-corrected chi connectivity index (χ0v) is 12.4. The molecule has 1 nitrogen and oxygen atoms in total. The standard InChI is InChI=1S/C17H17BrO/c18-16-7-3-6-14(11-16)17(19)15-9-8-12-4-1-2-5-13(12)10-15/h3,6-11,17,19H,1-2,4-5H2. The Kier molecular flexibility index (Phi) is 3.72. The second-order valence-electron chi connectivity index (χ2n) is 5.19. The maximum Gasteiger partial charge on any atom is 0.104 e. The minimum absolute atomic E-state index is 0.537. The molecule has 3 rings (SSSR count). The zero-order valence-electron chi connectivity index (χ0n) is 10.8. The summed E-state index contributed by atoms with van der Waals surface area (Å²) in [6, 6.07) is 14.3. The van der Waals surface area contributed by atoms with E-state index in [1.807, 2.05) is 24.3 Å². The second-order valence-corrected chi connectivity index (χ2v) is 6.11. The Morgan fingerprint density at radius 1 is 0.895 bits per heavy atom. The summed E-state index contributed by atoms with van der Waals surface area (Å²) in [6.07, 6.45) is 4.35. The van der Waals surface area contributed by atoms with Gasteiger partial charge in [-0.3, -0.25) is 0 Å². The van der Waals surface area contributed by atoms with Crippen molar-refractivity contribution >= 4 is 15.9 Å². The number of hydrogen-bond donors (Lipinski definition) is 1. The first kappa shape index (κ1) is 12.9. The number of rotatable bonds is 2. The van der Waals surface area contributed by atoms with Gasteiger partial charge in [-0.15, -0.1) is 0 Å². The van der Waals surface area contributed by atoms with E-state index >= 15 is 0 Å². The van der Waals surface area contributed by atoms with E-state index in [1.54, 1.807) is 0 Å². The molecular weight excluding hydrogens is 300 g/mol. The van der Waals surface area contributed by atoms with E-state index in [0.29, 0.717) is 0 Å². The van der Waals surface area contributed by atoms with Crippen molar-refractivity contribution in [3.8, 4) is 0 Å². The number of hydrogen-bond acceptors (Lipinski definition) is 1. The van der Waals surface area contributed by atoms with Crippen LogP contribution in [0.2, 0.25) is 0 Å². The Hall–Kier alpha value is -1.12. The Bertz CT molecular complexity index is 592. The summed E-state index contributed by atoms with van der Waals surface area (Å²) in [5.74, 6) is 0. The third kappa shape index (κ3) is 2.75. The average Bonchev–Trinajstić information content (AvgIpc) is 2.46. The monoisotopic (exact) mass is 316 g/mol. The predicted octanol–water partition coefficient (Wildman–Crippen LogP) is 4.41. The van der Waals surface area contributed by atoms with Gasteiger partial charge >= 0.3 is 0 Å². The molecule has 1 atom stereocenters. The van der Waals surface area contributed by atoms with Crippen LogP contribution in [0.3, 0.4) is 0 Å². The first-order chi connectivity index (χ1) is 9.24. The molecule has 0 spiro atoms. The third-order valence-corrected chi connectivity index (χ3v) is 4.35. The molecule has 2 heteroatoms. The molecular formula is C17H17BrO. The molecule has 0 fully saturated rings. The van der Waals surface area contributed by atoms with Crippen molar-refractivity contribution in [1.29, 1.82) is 0 Å². The molecule has 0 aromatic heterocycles. The van der Waals surface area contributed by atoms with Crippen LogP contribution < -0.4 is 0 Å². The molecule has 0 aliphatic heterocycles. The fourth-order valence-electron chi connectivity index (χ4n) is 2.79. The van der Waals surface area contributed by atoms with E-state index < -0.39 is 6.10 Å². The van der Waals surface area contributed by atoms with Gasteiger partial charge in [0.25, 0.3) is 0 Å². The summed E-state index contributed by atoms with van der Waals surface area (Å²) in [5.41, 5.74) is 4.80. The van der Waals surface area contributed by atoms with Crippen molar-refractivity contribution in [2.75, 3.05) is 0 Å². The van der Waals surface area contributed by atoms with E-state index in [9.17, 15) is 5.11 Å². The lowest BCUT2D eigenvalue weighted by molar-refractivity contribution is 0.220. The molecule has 0 saturated carbocycles. The SMILES string of the molecule is OC(c1cccc(Br)c1)c1ccc2c(c1)CCCC2. The predicted molar refractivity (Wildman–Crippen MR) is 81.3 cm³/mol. The summed E-state index contributed by atoms with van der Waals surface area (Å²) in [7, 11) is 0. The molecule has 1 aliphatic carbocycles. The van der Waals surface area contributed by atoms with Gasteiger partial charge < -0.3 is 5.11 Å². The lowest BCUT2D eigenvalue weighted by Gasteiger charge is -2.19. The molecule has 0 bridgehead atoms. The molecule has 1 aliphatic rings. The van der Waals surface area contributed by atoms with Crippen LogP contribution in [0.15, 0.2) is 46.9 Å². The van der Waals surface area contributed by atoms with Crippen LogP contribution in [-0.2, 0) is 12.8 Å². The summed E-state index contributed by atoms with van der Waals surface area (Å²) < 4.78 is 1.00. The maximum atomic E-state index is 10.5. The molecule has 0 amide bonds. The van der Waals surface area contributed by atoms with Gasteiger partial charge in [0.1, 0.15) is 6.10 Å². The minimum atomic E-state index is -0.537. The summed E-state index contributed by atoms with van der Waals surface area (Å²) in [4.78, 5) is 0. The lowest BCUT2D eigenvalue weighted by atomic mass is 9.88. The molecule has 0 saturated heterocycles. The molecule has 19 heavy (non-hydrogen) atoms. The van der Waals surface area contributed by atoms with Crippen LogP contribution in [0.1, 0.15) is 41.2 Å². The highest BCUT2D eigenvalue weighted by Crippen LogP contribution is 2.28. The first-order valence-electron chi connectivity index (χ1n) is 6.79. The van der Waals surface area contributed by atoms with Crippen molar-refractivity contribution in [3.05, 3.63) is 69.2 Å². The van der Waals surface area contributed by atoms with E-state index in [-0.39, 0.29) is 0 Å². The van der Waals surface area contributed by atoms with Crippen molar-refractivity contribution in [2.24, 2.45) is 0 Å². The van der Waals surface area contributed by atoms with Crippen LogP contribution >= 0.6 is 15.9 Å². The number of fused-ring (bicyclic) bond motifs is 1. The van der Waals surface area contributed by atoms with Gasteiger partial charge in [-0.1, -0.05) is 46.3 Å². The lowest BCUT2D eigenvalue weighted by Crippen LogP contribution is -2.06. The topological polar surface area (TPSA) is 20.2 Å². The van der Waals surface area contributed by atoms with Crippen LogP contribution in [0.25, 0.3) is 0 Å². The highest BCUT2D eigenvalue weighted by molar-refractivity contribution is 9.10. The van der Waals surface area contributed by atoms with E-state index in [2.05, 4.69) is 34.1 Å². The van der Waals surface area contributed by atoms with Gasteiger partial charge in [0, 0.05) is 4.47 Å². The summed E-state index contributed by atoms with van der Waals surface area (Å²) in [5, 5.41) is 10.5. The highest BCUT2D eigenvalue weighted by Gasteiger charge is 2.14. The van der Waals surface area contributed by atoms with Crippen molar-refractivity contribution in [3.63, 3.8) is 0 Å². The van der Waals surface area contributed by atoms with Crippen molar-refractivity contribution < 1.29 is 5.11 Å².